The first-order valence-electron chi connectivity index (χ1n) is 7.97. The topological polar surface area (TPSA) is 60.4 Å². The first-order chi connectivity index (χ1) is 12.1. The lowest BCUT2D eigenvalue weighted by molar-refractivity contribution is -0.371. The van der Waals surface area contributed by atoms with Crippen molar-refractivity contribution in [3.8, 4) is 0 Å². The quantitative estimate of drug-likeness (QED) is 0.705. The molecule has 156 valence electrons. The maximum Gasteiger partial charge on any atom is 0.427 e. The lowest BCUT2D eigenvalue weighted by atomic mass is 10.0. The summed E-state index contributed by atoms with van der Waals surface area (Å²) in [5.41, 5.74) is -4.84. The van der Waals surface area contributed by atoms with Gasteiger partial charge in [0.15, 0.2) is 0 Å². The van der Waals surface area contributed by atoms with E-state index in [0.29, 0.717) is 13.2 Å². The molecule has 1 heterocycles. The lowest BCUT2D eigenvalue weighted by Crippen LogP contribution is -2.63. The molecule has 0 radical (unpaired) electrons. The second-order valence-electron chi connectivity index (χ2n) is 5.58. The second-order valence-corrected chi connectivity index (χ2v) is 5.58. The maximum absolute atomic E-state index is 12.9. The average Bonchev–Trinajstić information content (AvgIpc) is 2.52. The number of halogens is 6. The van der Waals surface area contributed by atoms with E-state index in [1.54, 1.807) is 0 Å². The molecule has 6 nitrogen and oxygen atoms in total. The molecule has 1 rings (SSSR count). The number of ether oxygens (including phenoxy) is 4. The molecule has 0 saturated carbocycles. The highest BCUT2D eigenvalue weighted by molar-refractivity contribution is 4.96. The molecule has 0 bridgehead atoms. The molecular weight excluding hydrogens is 376 g/mol. The Kier molecular flexibility index (Phi) is 9.55. The van der Waals surface area contributed by atoms with Crippen molar-refractivity contribution in [3.63, 3.8) is 0 Å². The SMILES string of the molecule is OC(CN1CCOCCOCCOCCOCC1)(C(F)(F)F)C(F)(F)F. The minimum atomic E-state index is -5.87. The van der Waals surface area contributed by atoms with Crippen LogP contribution in [0.5, 0.6) is 0 Å². The predicted octanol–water partition coefficient (Wildman–Crippen LogP) is 1.22. The number of nitrogens with zero attached hydrogens (tertiary/aromatic N) is 1. The van der Waals surface area contributed by atoms with Crippen LogP contribution in [-0.2, 0) is 18.9 Å². The van der Waals surface area contributed by atoms with Crippen LogP contribution in [0.2, 0.25) is 0 Å². The third kappa shape index (κ3) is 7.53. The van der Waals surface area contributed by atoms with E-state index in [4.69, 9.17) is 18.9 Å². The Morgan fingerprint density at radius 2 is 0.923 bits per heavy atom. The smallest absolute Gasteiger partial charge is 0.378 e. The van der Waals surface area contributed by atoms with Crippen molar-refractivity contribution in [1.82, 2.24) is 4.90 Å². The summed E-state index contributed by atoms with van der Waals surface area (Å²) < 4.78 is 97.7. The van der Waals surface area contributed by atoms with Crippen molar-refractivity contribution in [3.05, 3.63) is 0 Å². The van der Waals surface area contributed by atoms with E-state index >= 15 is 0 Å². The van der Waals surface area contributed by atoms with Crippen molar-refractivity contribution in [2.75, 3.05) is 72.5 Å². The zero-order valence-corrected chi connectivity index (χ0v) is 14.1. The zero-order valence-electron chi connectivity index (χ0n) is 14.1. The van der Waals surface area contributed by atoms with Crippen LogP contribution in [0.4, 0.5) is 26.3 Å². The Hall–Kier alpha value is -0.660. The normalized spacial score (nSPS) is 21.8. The van der Waals surface area contributed by atoms with Gasteiger partial charge in [0.1, 0.15) is 0 Å². The Labute approximate surface area is 146 Å². The van der Waals surface area contributed by atoms with E-state index in [1.807, 2.05) is 0 Å². The molecule has 0 amide bonds. The number of hydrogen-bond donors (Lipinski definition) is 1. The van der Waals surface area contributed by atoms with Crippen LogP contribution in [-0.4, -0.2) is 100 Å². The molecule has 1 aliphatic heterocycles. The minimum Gasteiger partial charge on any atom is -0.378 e. The van der Waals surface area contributed by atoms with Gasteiger partial charge >= 0.3 is 12.4 Å². The van der Waals surface area contributed by atoms with Gasteiger partial charge in [-0.2, -0.15) is 26.3 Å². The summed E-state index contributed by atoms with van der Waals surface area (Å²) in [6.07, 6.45) is -11.7. The molecule has 1 aliphatic rings. The number of alkyl halides is 6. The van der Waals surface area contributed by atoms with E-state index in [9.17, 15) is 31.4 Å². The van der Waals surface area contributed by atoms with Crippen molar-refractivity contribution in [1.29, 1.82) is 0 Å². The zero-order chi connectivity index (χ0) is 19.7. The van der Waals surface area contributed by atoms with Gasteiger partial charge < -0.3 is 24.1 Å². The Morgan fingerprint density at radius 3 is 1.23 bits per heavy atom. The number of hydrogen-bond acceptors (Lipinski definition) is 6. The highest BCUT2D eigenvalue weighted by Gasteiger charge is 2.70. The number of β-amino-alcohol motifs (C(OH)–C–C–N with tert-alkyl or cyclic N) is 1. The molecular formula is C14H23F6NO5. The average molecular weight is 399 g/mol. The van der Waals surface area contributed by atoms with Gasteiger partial charge in [-0.05, 0) is 0 Å². The van der Waals surface area contributed by atoms with Crippen molar-refractivity contribution >= 4 is 0 Å². The summed E-state index contributed by atoms with van der Waals surface area (Å²) in [6.45, 7) is -1.02. The summed E-state index contributed by atoms with van der Waals surface area (Å²) in [6, 6.07) is 0. The summed E-state index contributed by atoms with van der Waals surface area (Å²) in [5, 5.41) is 9.33. The lowest BCUT2D eigenvalue weighted by Gasteiger charge is -2.36. The summed E-state index contributed by atoms with van der Waals surface area (Å²) >= 11 is 0. The third-order valence-electron chi connectivity index (χ3n) is 3.61. The Balaban J connectivity index is 2.73. The van der Waals surface area contributed by atoms with Crippen molar-refractivity contribution < 1.29 is 50.4 Å². The highest BCUT2D eigenvalue weighted by Crippen LogP contribution is 2.43. The second kappa shape index (κ2) is 10.6. The van der Waals surface area contributed by atoms with Gasteiger partial charge in [-0.1, -0.05) is 0 Å². The highest BCUT2D eigenvalue weighted by atomic mass is 19.4. The van der Waals surface area contributed by atoms with Crippen LogP contribution in [0, 0.1) is 0 Å². The minimum absolute atomic E-state index is 0.119. The fraction of sp³-hybridized carbons (Fsp3) is 1.00. The van der Waals surface area contributed by atoms with Gasteiger partial charge in [-0.3, -0.25) is 4.90 Å². The van der Waals surface area contributed by atoms with Gasteiger partial charge in [0.05, 0.1) is 52.9 Å². The number of rotatable bonds is 2. The molecule has 1 saturated heterocycles. The molecule has 0 atom stereocenters. The van der Waals surface area contributed by atoms with Gasteiger partial charge in [0.2, 0.25) is 0 Å². The van der Waals surface area contributed by atoms with E-state index < -0.39 is 24.5 Å². The molecule has 0 aliphatic carbocycles. The molecule has 1 N–H and O–H groups in total. The summed E-state index contributed by atoms with van der Waals surface area (Å²) in [5.74, 6) is 0. The van der Waals surface area contributed by atoms with Gasteiger partial charge in [0, 0.05) is 19.6 Å². The molecule has 12 heteroatoms. The standard InChI is InChI=1S/C14H23F6NO5/c15-13(16,17)12(22,14(18,19)20)11-21-1-3-23-5-7-25-9-10-26-8-6-24-4-2-21/h22H,1-11H2. The fourth-order valence-electron chi connectivity index (χ4n) is 2.08. The van der Waals surface area contributed by atoms with Crippen LogP contribution in [0.1, 0.15) is 0 Å². The van der Waals surface area contributed by atoms with E-state index in [0.717, 1.165) is 4.90 Å². The van der Waals surface area contributed by atoms with Crippen molar-refractivity contribution in [2.24, 2.45) is 0 Å². The number of aliphatic hydroxyl groups is 1. The predicted molar refractivity (Wildman–Crippen MR) is 76.8 cm³/mol. The summed E-state index contributed by atoms with van der Waals surface area (Å²) in [7, 11) is 0. The molecule has 26 heavy (non-hydrogen) atoms. The summed E-state index contributed by atoms with van der Waals surface area (Å²) in [4.78, 5) is 0.808. The molecule has 0 aromatic rings. The van der Waals surface area contributed by atoms with Gasteiger partial charge in [-0.15, -0.1) is 0 Å². The molecule has 0 aromatic heterocycles. The third-order valence-corrected chi connectivity index (χ3v) is 3.61. The van der Waals surface area contributed by atoms with Gasteiger partial charge in [-0.25, -0.2) is 0 Å². The van der Waals surface area contributed by atoms with Crippen LogP contribution < -0.4 is 0 Å². The molecule has 0 aromatic carbocycles. The molecule has 0 unspecified atom stereocenters. The van der Waals surface area contributed by atoms with Crippen LogP contribution in [0.3, 0.4) is 0 Å². The Morgan fingerprint density at radius 1 is 0.615 bits per heavy atom. The van der Waals surface area contributed by atoms with E-state index in [1.165, 1.54) is 0 Å². The largest absolute Gasteiger partial charge is 0.427 e. The monoisotopic (exact) mass is 399 g/mol. The first kappa shape index (κ1) is 23.4. The van der Waals surface area contributed by atoms with Crippen molar-refractivity contribution in [2.45, 2.75) is 18.0 Å². The van der Waals surface area contributed by atoms with E-state index in [2.05, 4.69) is 0 Å². The molecule has 1 fully saturated rings. The van der Waals surface area contributed by atoms with Crippen LogP contribution >= 0.6 is 0 Å². The fourth-order valence-corrected chi connectivity index (χ4v) is 2.08. The van der Waals surface area contributed by atoms with Crippen LogP contribution in [0.15, 0.2) is 0 Å². The maximum atomic E-state index is 12.9. The van der Waals surface area contributed by atoms with Gasteiger partial charge in [0.25, 0.3) is 5.60 Å². The Bertz CT molecular complexity index is 363. The van der Waals surface area contributed by atoms with Crippen LogP contribution in [0.25, 0.3) is 0 Å². The molecule has 0 spiro atoms. The van der Waals surface area contributed by atoms with E-state index in [-0.39, 0.29) is 52.7 Å². The first-order valence-corrected chi connectivity index (χ1v) is 7.97.